The Morgan fingerprint density at radius 2 is 2.22 bits per heavy atom. The molecule has 1 aliphatic heterocycles. The van der Waals surface area contributed by atoms with Crippen molar-refractivity contribution in [2.75, 3.05) is 0 Å². The van der Waals surface area contributed by atoms with Crippen molar-refractivity contribution in [2.24, 2.45) is 5.73 Å². The van der Waals surface area contributed by atoms with E-state index in [9.17, 15) is 0 Å². The molecule has 1 rings (SSSR count). The molecule has 0 spiro atoms. The van der Waals surface area contributed by atoms with Gasteiger partial charge in [0.1, 0.15) is 6.10 Å². The minimum atomic E-state index is 0.0417. The molecule has 2 heteroatoms. The van der Waals surface area contributed by atoms with E-state index in [1.54, 1.807) is 0 Å². The van der Waals surface area contributed by atoms with Gasteiger partial charge in [-0.25, -0.2) is 0 Å². The van der Waals surface area contributed by atoms with E-state index in [4.69, 9.17) is 10.5 Å². The first kappa shape index (κ1) is 6.78. The Labute approximate surface area is 55.7 Å². The summed E-state index contributed by atoms with van der Waals surface area (Å²) in [6.45, 7) is 7.70. The van der Waals surface area contributed by atoms with Crippen LogP contribution < -0.4 is 5.73 Å². The van der Waals surface area contributed by atoms with Crippen LogP contribution in [0.2, 0.25) is 0 Å². The van der Waals surface area contributed by atoms with Crippen LogP contribution in [0, 0.1) is 0 Å². The van der Waals surface area contributed by atoms with Crippen LogP contribution in [-0.2, 0) is 4.74 Å². The summed E-state index contributed by atoms with van der Waals surface area (Å²) in [5.41, 5.74) is 6.69. The second kappa shape index (κ2) is 2.12. The summed E-state index contributed by atoms with van der Waals surface area (Å²) < 4.78 is 5.15. The Morgan fingerprint density at radius 3 is 2.33 bits per heavy atom. The highest BCUT2D eigenvalue weighted by atomic mass is 16.6. The molecule has 0 bridgehead atoms. The second-order valence-corrected chi connectivity index (χ2v) is 2.68. The van der Waals surface area contributed by atoms with Gasteiger partial charge in [0, 0.05) is 0 Å². The summed E-state index contributed by atoms with van der Waals surface area (Å²) in [5.74, 6) is 0. The third-order valence-electron chi connectivity index (χ3n) is 1.68. The van der Waals surface area contributed by atoms with Crippen LogP contribution in [0.4, 0.5) is 0 Å². The summed E-state index contributed by atoms with van der Waals surface area (Å²) in [4.78, 5) is 0. The molecule has 0 saturated carbocycles. The molecule has 0 aromatic rings. The molecular weight excluding hydrogens is 114 g/mol. The Hall–Kier alpha value is -0.340. The summed E-state index contributed by atoms with van der Waals surface area (Å²) >= 11 is 0. The number of rotatable bonds is 2. The zero-order chi connectivity index (χ0) is 7.02. The van der Waals surface area contributed by atoms with E-state index in [1.165, 1.54) is 0 Å². The minimum absolute atomic E-state index is 0.0417. The summed E-state index contributed by atoms with van der Waals surface area (Å²) in [7, 11) is 0. The number of nitrogens with two attached hydrogens (primary N) is 1. The molecule has 2 N–H and O–H groups in total. The van der Waals surface area contributed by atoms with Gasteiger partial charge in [-0.3, -0.25) is 0 Å². The van der Waals surface area contributed by atoms with E-state index in [0.29, 0.717) is 6.10 Å². The van der Waals surface area contributed by atoms with E-state index < -0.39 is 0 Å². The van der Waals surface area contributed by atoms with Gasteiger partial charge in [0.25, 0.3) is 0 Å². The first-order valence-corrected chi connectivity index (χ1v) is 3.19. The van der Waals surface area contributed by atoms with Gasteiger partial charge in [-0.15, -0.1) is 0 Å². The zero-order valence-corrected chi connectivity index (χ0v) is 5.92. The van der Waals surface area contributed by atoms with Crippen molar-refractivity contribution >= 4 is 0 Å². The van der Waals surface area contributed by atoms with Gasteiger partial charge >= 0.3 is 0 Å². The molecule has 1 aliphatic rings. The van der Waals surface area contributed by atoms with Crippen molar-refractivity contribution in [3.63, 3.8) is 0 Å². The topological polar surface area (TPSA) is 38.5 Å². The zero-order valence-electron chi connectivity index (χ0n) is 5.92. The summed E-state index contributed by atoms with van der Waals surface area (Å²) in [5, 5.41) is 0. The third kappa shape index (κ3) is 1.32. The molecule has 52 valence electrons. The van der Waals surface area contributed by atoms with E-state index in [1.807, 2.05) is 13.8 Å². The summed E-state index contributed by atoms with van der Waals surface area (Å²) in [6, 6.07) is 0.0417. The Morgan fingerprint density at radius 1 is 1.78 bits per heavy atom. The first-order chi connectivity index (χ1) is 4.13. The normalized spacial score (nSPS) is 35.9. The average molecular weight is 127 g/mol. The van der Waals surface area contributed by atoms with Gasteiger partial charge in [-0.1, -0.05) is 12.2 Å². The Bertz CT molecular complexity index is 133. The van der Waals surface area contributed by atoms with Crippen LogP contribution in [-0.4, -0.2) is 18.2 Å². The predicted octanol–water partition coefficient (Wildman–Crippen LogP) is 0.677. The molecule has 0 radical (unpaired) electrons. The number of hydrogen-bond donors (Lipinski definition) is 1. The quantitative estimate of drug-likeness (QED) is 0.437. The van der Waals surface area contributed by atoms with Crippen LogP contribution in [0.5, 0.6) is 0 Å². The lowest BCUT2D eigenvalue weighted by atomic mass is 10.1. The average Bonchev–Trinajstić information content (AvgIpc) is 2.44. The van der Waals surface area contributed by atoms with Crippen molar-refractivity contribution in [3.05, 3.63) is 12.2 Å². The highest BCUT2D eigenvalue weighted by Gasteiger charge is 2.39. The molecular formula is C7H13NO. The van der Waals surface area contributed by atoms with Gasteiger partial charge in [-0.2, -0.15) is 0 Å². The third-order valence-corrected chi connectivity index (χ3v) is 1.68. The van der Waals surface area contributed by atoms with Crippen LogP contribution in [0.3, 0.4) is 0 Å². The summed E-state index contributed by atoms with van der Waals surface area (Å²) in [6.07, 6.45) is 0.583. The minimum Gasteiger partial charge on any atom is -0.368 e. The standard InChI is InChI=1S/C7H13NO/c1-4(2)6(8)7-5(3)9-7/h5-7H,1,8H2,2-3H3/t5-,6+,7?/m1/s1. The lowest BCUT2D eigenvalue weighted by molar-refractivity contribution is 0.364. The number of hydrogen-bond acceptors (Lipinski definition) is 2. The van der Waals surface area contributed by atoms with Gasteiger partial charge < -0.3 is 10.5 Å². The maximum atomic E-state index is 5.69. The van der Waals surface area contributed by atoms with E-state index in [2.05, 4.69) is 6.58 Å². The van der Waals surface area contributed by atoms with Crippen LogP contribution in [0.25, 0.3) is 0 Å². The monoisotopic (exact) mass is 127 g/mol. The van der Waals surface area contributed by atoms with E-state index in [0.717, 1.165) is 5.57 Å². The van der Waals surface area contributed by atoms with Crippen LogP contribution in [0.1, 0.15) is 13.8 Å². The SMILES string of the molecule is C=C(C)[C@H](N)C1O[C@@H]1C. The highest BCUT2D eigenvalue weighted by molar-refractivity contribution is 5.09. The first-order valence-electron chi connectivity index (χ1n) is 3.19. The molecule has 1 saturated heterocycles. The van der Waals surface area contributed by atoms with E-state index in [-0.39, 0.29) is 12.1 Å². The maximum absolute atomic E-state index is 5.69. The molecule has 3 atom stereocenters. The molecule has 1 unspecified atom stereocenters. The largest absolute Gasteiger partial charge is 0.368 e. The fourth-order valence-corrected chi connectivity index (χ4v) is 0.860. The lowest BCUT2D eigenvalue weighted by Crippen LogP contribution is -2.28. The molecule has 0 aliphatic carbocycles. The van der Waals surface area contributed by atoms with Crippen molar-refractivity contribution in [3.8, 4) is 0 Å². The second-order valence-electron chi connectivity index (χ2n) is 2.68. The van der Waals surface area contributed by atoms with Gasteiger partial charge in [0.2, 0.25) is 0 Å². The maximum Gasteiger partial charge on any atom is 0.103 e. The predicted molar refractivity (Wildman–Crippen MR) is 37.1 cm³/mol. The van der Waals surface area contributed by atoms with Gasteiger partial charge in [0.05, 0.1) is 12.1 Å². The lowest BCUT2D eigenvalue weighted by Gasteiger charge is -2.05. The Balaban J connectivity index is 2.36. The fourth-order valence-electron chi connectivity index (χ4n) is 0.860. The van der Waals surface area contributed by atoms with Gasteiger partial charge in [-0.05, 0) is 13.8 Å². The molecule has 0 aromatic carbocycles. The molecule has 0 aromatic heterocycles. The van der Waals surface area contributed by atoms with Crippen molar-refractivity contribution < 1.29 is 4.74 Å². The number of ether oxygens (including phenoxy) is 1. The van der Waals surface area contributed by atoms with Crippen molar-refractivity contribution in [2.45, 2.75) is 32.1 Å². The van der Waals surface area contributed by atoms with Crippen molar-refractivity contribution in [1.82, 2.24) is 0 Å². The van der Waals surface area contributed by atoms with Crippen molar-refractivity contribution in [1.29, 1.82) is 0 Å². The molecule has 1 heterocycles. The fraction of sp³-hybridized carbons (Fsp3) is 0.714. The highest BCUT2D eigenvalue weighted by Crippen LogP contribution is 2.25. The molecule has 9 heavy (non-hydrogen) atoms. The molecule has 0 amide bonds. The van der Waals surface area contributed by atoms with E-state index >= 15 is 0 Å². The molecule has 1 fully saturated rings. The smallest absolute Gasteiger partial charge is 0.103 e. The Kier molecular flexibility index (Phi) is 1.60. The van der Waals surface area contributed by atoms with Crippen LogP contribution in [0.15, 0.2) is 12.2 Å². The number of epoxide rings is 1. The van der Waals surface area contributed by atoms with Gasteiger partial charge in [0.15, 0.2) is 0 Å². The van der Waals surface area contributed by atoms with Crippen LogP contribution >= 0.6 is 0 Å². The molecule has 2 nitrogen and oxygen atoms in total.